The summed E-state index contributed by atoms with van der Waals surface area (Å²) in [6.45, 7) is 1.88. The quantitative estimate of drug-likeness (QED) is 0.700. The highest BCUT2D eigenvalue weighted by Crippen LogP contribution is 2.32. The fourth-order valence-electron chi connectivity index (χ4n) is 1.99. The van der Waals surface area contributed by atoms with Crippen molar-refractivity contribution >= 4 is 11.6 Å². The van der Waals surface area contributed by atoms with Crippen LogP contribution in [0.5, 0.6) is 11.5 Å². The van der Waals surface area contributed by atoms with E-state index in [2.05, 4.69) is 10.5 Å². The van der Waals surface area contributed by atoms with E-state index in [1.165, 1.54) is 12.1 Å². The molecule has 5 nitrogen and oxygen atoms in total. The molecule has 6 heteroatoms. The summed E-state index contributed by atoms with van der Waals surface area (Å²) >= 11 is 0. The largest absolute Gasteiger partial charge is 0.454 e. The van der Waals surface area contributed by atoms with Gasteiger partial charge in [0, 0.05) is 5.56 Å². The molecule has 2 aromatic rings. The maximum atomic E-state index is 12.9. The van der Waals surface area contributed by atoms with E-state index in [4.69, 9.17) is 9.47 Å². The van der Waals surface area contributed by atoms with Gasteiger partial charge in [0.1, 0.15) is 5.82 Å². The molecule has 0 fully saturated rings. The minimum atomic E-state index is -0.361. The SMILES string of the molecule is CC(=NNC(=O)c1ccc2c(c1)OCO2)c1ccc(F)cc1. The molecule has 0 saturated carbocycles. The maximum absolute atomic E-state index is 12.9. The zero-order valence-corrected chi connectivity index (χ0v) is 11.8. The van der Waals surface area contributed by atoms with E-state index >= 15 is 0 Å². The number of ether oxygens (including phenoxy) is 2. The standard InChI is InChI=1S/C16H13FN2O3/c1-10(11-2-5-13(17)6-3-11)18-19-16(20)12-4-7-14-15(8-12)22-9-21-14/h2-8H,9H2,1H3,(H,19,20). The zero-order chi connectivity index (χ0) is 15.5. The van der Waals surface area contributed by atoms with Crippen LogP contribution in [0.25, 0.3) is 0 Å². The van der Waals surface area contributed by atoms with Crippen LogP contribution in [-0.2, 0) is 0 Å². The Bertz CT molecular complexity index is 742. The van der Waals surface area contributed by atoms with Gasteiger partial charge in [-0.1, -0.05) is 12.1 Å². The molecule has 0 unspecified atom stereocenters. The van der Waals surface area contributed by atoms with Crippen LogP contribution in [0.1, 0.15) is 22.8 Å². The topological polar surface area (TPSA) is 59.9 Å². The van der Waals surface area contributed by atoms with Gasteiger partial charge in [0.15, 0.2) is 11.5 Å². The van der Waals surface area contributed by atoms with E-state index in [-0.39, 0.29) is 18.5 Å². The van der Waals surface area contributed by atoms with E-state index in [1.54, 1.807) is 37.3 Å². The van der Waals surface area contributed by atoms with Crippen LogP contribution >= 0.6 is 0 Å². The van der Waals surface area contributed by atoms with Gasteiger partial charge < -0.3 is 9.47 Å². The van der Waals surface area contributed by atoms with Gasteiger partial charge >= 0.3 is 0 Å². The Morgan fingerprint density at radius 1 is 1.09 bits per heavy atom. The molecule has 0 atom stereocenters. The van der Waals surface area contributed by atoms with Gasteiger partial charge in [-0.25, -0.2) is 9.82 Å². The van der Waals surface area contributed by atoms with Crippen molar-refractivity contribution in [3.05, 3.63) is 59.4 Å². The number of benzene rings is 2. The van der Waals surface area contributed by atoms with Crippen molar-refractivity contribution < 1.29 is 18.7 Å². The number of halogens is 1. The second-order valence-electron chi connectivity index (χ2n) is 4.71. The van der Waals surface area contributed by atoms with Crippen LogP contribution in [0.2, 0.25) is 0 Å². The Morgan fingerprint density at radius 3 is 2.55 bits per heavy atom. The summed E-state index contributed by atoms with van der Waals surface area (Å²) in [6, 6.07) is 10.8. The molecular weight excluding hydrogens is 287 g/mol. The van der Waals surface area contributed by atoms with Crippen LogP contribution in [0.15, 0.2) is 47.6 Å². The molecular formula is C16H13FN2O3. The summed E-state index contributed by atoms with van der Waals surface area (Å²) in [4.78, 5) is 12.1. The highest BCUT2D eigenvalue weighted by molar-refractivity contribution is 6.01. The van der Waals surface area contributed by atoms with Crippen molar-refractivity contribution in [1.29, 1.82) is 0 Å². The minimum absolute atomic E-state index is 0.155. The van der Waals surface area contributed by atoms with Crippen molar-refractivity contribution in [2.45, 2.75) is 6.92 Å². The van der Waals surface area contributed by atoms with Crippen LogP contribution in [0.3, 0.4) is 0 Å². The van der Waals surface area contributed by atoms with E-state index in [1.807, 2.05) is 0 Å². The zero-order valence-electron chi connectivity index (χ0n) is 11.8. The predicted molar refractivity (Wildman–Crippen MR) is 78.6 cm³/mol. The Hall–Kier alpha value is -2.89. The van der Waals surface area contributed by atoms with Crippen molar-refractivity contribution in [2.75, 3.05) is 6.79 Å². The number of hydrogen-bond acceptors (Lipinski definition) is 4. The molecule has 0 radical (unpaired) electrons. The summed E-state index contributed by atoms with van der Waals surface area (Å²) in [6.07, 6.45) is 0. The van der Waals surface area contributed by atoms with Gasteiger partial charge in [-0.3, -0.25) is 4.79 Å². The molecule has 0 aliphatic carbocycles. The second kappa shape index (κ2) is 5.85. The number of nitrogens with zero attached hydrogens (tertiary/aromatic N) is 1. The monoisotopic (exact) mass is 300 g/mol. The van der Waals surface area contributed by atoms with Crippen molar-refractivity contribution in [3.8, 4) is 11.5 Å². The molecule has 0 spiro atoms. The molecule has 0 bridgehead atoms. The van der Waals surface area contributed by atoms with E-state index in [0.29, 0.717) is 22.8 Å². The average molecular weight is 300 g/mol. The van der Waals surface area contributed by atoms with Crippen LogP contribution in [0.4, 0.5) is 4.39 Å². The molecule has 112 valence electrons. The van der Waals surface area contributed by atoms with Gasteiger partial charge in [0.25, 0.3) is 5.91 Å². The molecule has 1 amide bonds. The first-order chi connectivity index (χ1) is 10.6. The highest BCUT2D eigenvalue weighted by atomic mass is 19.1. The number of amides is 1. The van der Waals surface area contributed by atoms with Crippen molar-refractivity contribution in [2.24, 2.45) is 5.10 Å². The molecule has 0 saturated heterocycles. The fraction of sp³-hybridized carbons (Fsp3) is 0.125. The Morgan fingerprint density at radius 2 is 1.77 bits per heavy atom. The molecule has 22 heavy (non-hydrogen) atoms. The maximum Gasteiger partial charge on any atom is 0.271 e. The highest BCUT2D eigenvalue weighted by Gasteiger charge is 2.16. The second-order valence-corrected chi connectivity index (χ2v) is 4.71. The fourth-order valence-corrected chi connectivity index (χ4v) is 1.99. The van der Waals surface area contributed by atoms with Crippen LogP contribution in [-0.4, -0.2) is 18.4 Å². The third-order valence-corrected chi connectivity index (χ3v) is 3.22. The Kier molecular flexibility index (Phi) is 3.74. The van der Waals surface area contributed by atoms with Crippen LogP contribution < -0.4 is 14.9 Å². The molecule has 1 heterocycles. The van der Waals surface area contributed by atoms with Gasteiger partial charge in [-0.15, -0.1) is 0 Å². The molecule has 1 aliphatic heterocycles. The summed E-state index contributed by atoms with van der Waals surface area (Å²) in [7, 11) is 0. The summed E-state index contributed by atoms with van der Waals surface area (Å²) in [5.74, 6) is 0.468. The van der Waals surface area contributed by atoms with Crippen molar-refractivity contribution in [1.82, 2.24) is 5.43 Å². The lowest BCUT2D eigenvalue weighted by atomic mass is 10.1. The minimum Gasteiger partial charge on any atom is -0.454 e. The summed E-state index contributed by atoms with van der Waals surface area (Å²) in [5.41, 5.74) is 4.19. The Labute approximate surface area is 126 Å². The van der Waals surface area contributed by atoms with Crippen molar-refractivity contribution in [3.63, 3.8) is 0 Å². The average Bonchev–Trinajstić information content (AvgIpc) is 3.00. The van der Waals surface area contributed by atoms with E-state index < -0.39 is 0 Å². The first-order valence-corrected chi connectivity index (χ1v) is 6.64. The lowest BCUT2D eigenvalue weighted by Crippen LogP contribution is -2.19. The predicted octanol–water partition coefficient (Wildman–Crippen LogP) is 2.71. The third-order valence-electron chi connectivity index (χ3n) is 3.22. The smallest absolute Gasteiger partial charge is 0.271 e. The summed E-state index contributed by atoms with van der Waals surface area (Å²) < 4.78 is 23.3. The van der Waals surface area contributed by atoms with E-state index in [0.717, 1.165) is 5.56 Å². The number of nitrogens with one attached hydrogen (secondary N) is 1. The molecule has 1 N–H and O–H groups in total. The first-order valence-electron chi connectivity index (χ1n) is 6.64. The molecule has 3 rings (SSSR count). The molecule has 2 aromatic carbocycles. The Balaban J connectivity index is 1.71. The normalized spacial score (nSPS) is 13.1. The molecule has 1 aliphatic rings. The lowest BCUT2D eigenvalue weighted by Gasteiger charge is -2.04. The van der Waals surface area contributed by atoms with Gasteiger partial charge in [-0.2, -0.15) is 5.10 Å². The van der Waals surface area contributed by atoms with Gasteiger partial charge in [-0.05, 0) is 42.8 Å². The number of carbonyl (C=O) groups excluding carboxylic acids is 1. The third kappa shape index (κ3) is 2.90. The molecule has 0 aromatic heterocycles. The lowest BCUT2D eigenvalue weighted by molar-refractivity contribution is 0.0954. The number of fused-ring (bicyclic) bond motifs is 1. The van der Waals surface area contributed by atoms with Gasteiger partial charge in [0.05, 0.1) is 5.71 Å². The van der Waals surface area contributed by atoms with Gasteiger partial charge in [0.2, 0.25) is 6.79 Å². The van der Waals surface area contributed by atoms with Crippen LogP contribution in [0, 0.1) is 5.82 Å². The summed E-state index contributed by atoms with van der Waals surface area (Å²) in [5, 5.41) is 4.02. The number of carbonyl (C=O) groups is 1. The van der Waals surface area contributed by atoms with E-state index in [9.17, 15) is 9.18 Å². The first kappa shape index (κ1) is 14.1. The number of rotatable bonds is 3. The number of hydrogen-bond donors (Lipinski definition) is 1. The number of hydrazone groups is 1.